The molecule has 0 aliphatic heterocycles. The number of fused-ring (bicyclic) bond motifs is 3. The van der Waals surface area contributed by atoms with E-state index in [9.17, 15) is 9.59 Å². The standard InChI is InChI=1S/C18H14N2O4/c1-11(2)19-23-17(21)18(22)24-20-16-14-9-5-3-7-12(14)13-8-4-6-10-15(13)16/h3-10H,1-2H3. The van der Waals surface area contributed by atoms with Crippen LogP contribution in [0.25, 0.3) is 11.1 Å². The van der Waals surface area contributed by atoms with Crippen molar-refractivity contribution in [2.45, 2.75) is 13.8 Å². The van der Waals surface area contributed by atoms with E-state index in [0.717, 1.165) is 22.3 Å². The number of benzene rings is 2. The number of hydrogen-bond acceptors (Lipinski definition) is 6. The molecule has 0 saturated heterocycles. The molecule has 0 unspecified atom stereocenters. The number of oxime groups is 2. The van der Waals surface area contributed by atoms with Crippen LogP contribution in [0.5, 0.6) is 0 Å². The van der Waals surface area contributed by atoms with Crippen molar-refractivity contribution in [2.75, 3.05) is 0 Å². The van der Waals surface area contributed by atoms with Crippen LogP contribution >= 0.6 is 0 Å². The molecule has 0 saturated carbocycles. The topological polar surface area (TPSA) is 77.3 Å². The highest BCUT2D eigenvalue weighted by Crippen LogP contribution is 2.36. The lowest BCUT2D eigenvalue weighted by molar-refractivity contribution is -0.167. The molecule has 2 aromatic carbocycles. The van der Waals surface area contributed by atoms with E-state index in [1.54, 1.807) is 13.8 Å². The van der Waals surface area contributed by atoms with Crippen molar-refractivity contribution >= 4 is 23.4 Å². The molecule has 6 nitrogen and oxygen atoms in total. The van der Waals surface area contributed by atoms with E-state index in [0.29, 0.717) is 11.4 Å². The molecule has 0 fully saturated rings. The largest absolute Gasteiger partial charge is 0.445 e. The molecule has 0 spiro atoms. The number of rotatable bonds is 2. The summed E-state index contributed by atoms with van der Waals surface area (Å²) in [5.74, 6) is -2.45. The fourth-order valence-corrected chi connectivity index (χ4v) is 2.39. The molecule has 0 heterocycles. The summed E-state index contributed by atoms with van der Waals surface area (Å²) < 4.78 is 0. The second-order valence-electron chi connectivity index (χ2n) is 5.33. The molecule has 0 N–H and O–H groups in total. The van der Waals surface area contributed by atoms with Gasteiger partial charge in [0.15, 0.2) is 0 Å². The van der Waals surface area contributed by atoms with E-state index in [4.69, 9.17) is 4.84 Å². The molecule has 0 atom stereocenters. The van der Waals surface area contributed by atoms with E-state index in [1.807, 2.05) is 48.5 Å². The van der Waals surface area contributed by atoms with E-state index in [2.05, 4.69) is 15.1 Å². The third-order valence-corrected chi connectivity index (χ3v) is 3.35. The second kappa shape index (κ2) is 6.45. The highest BCUT2D eigenvalue weighted by atomic mass is 16.7. The van der Waals surface area contributed by atoms with Crippen molar-refractivity contribution < 1.29 is 19.3 Å². The predicted octanol–water partition coefficient (Wildman–Crippen LogP) is 2.90. The number of nitrogens with zero attached hydrogens (tertiary/aromatic N) is 2. The molecule has 0 bridgehead atoms. The number of carbonyl (C=O) groups is 2. The molecule has 120 valence electrons. The van der Waals surface area contributed by atoms with Crippen LogP contribution in [0.4, 0.5) is 0 Å². The lowest BCUT2D eigenvalue weighted by Gasteiger charge is -2.01. The monoisotopic (exact) mass is 322 g/mol. The van der Waals surface area contributed by atoms with Crippen LogP contribution in [0.3, 0.4) is 0 Å². The van der Waals surface area contributed by atoms with Gasteiger partial charge >= 0.3 is 11.9 Å². The van der Waals surface area contributed by atoms with Gasteiger partial charge < -0.3 is 9.68 Å². The van der Waals surface area contributed by atoms with Crippen molar-refractivity contribution in [2.24, 2.45) is 10.3 Å². The molecule has 3 rings (SSSR count). The highest BCUT2D eigenvalue weighted by Gasteiger charge is 2.26. The summed E-state index contributed by atoms with van der Waals surface area (Å²) in [6.07, 6.45) is 0. The Morgan fingerprint density at radius 2 is 1.21 bits per heavy atom. The Morgan fingerprint density at radius 3 is 1.71 bits per heavy atom. The zero-order valence-corrected chi connectivity index (χ0v) is 13.1. The average Bonchev–Trinajstić information content (AvgIpc) is 2.91. The summed E-state index contributed by atoms with van der Waals surface area (Å²) in [7, 11) is 0. The molecular formula is C18H14N2O4. The van der Waals surface area contributed by atoms with Crippen LogP contribution < -0.4 is 0 Å². The first-order valence-electron chi connectivity index (χ1n) is 7.28. The van der Waals surface area contributed by atoms with E-state index >= 15 is 0 Å². The summed E-state index contributed by atoms with van der Waals surface area (Å²) in [6, 6.07) is 15.3. The Labute approximate surface area is 138 Å². The van der Waals surface area contributed by atoms with Gasteiger partial charge in [0.2, 0.25) is 0 Å². The quantitative estimate of drug-likeness (QED) is 0.314. The maximum Gasteiger partial charge on any atom is 0.445 e. The van der Waals surface area contributed by atoms with Gasteiger partial charge in [-0.2, -0.15) is 0 Å². The molecule has 2 aromatic rings. The van der Waals surface area contributed by atoms with Gasteiger partial charge in [-0.1, -0.05) is 58.8 Å². The Morgan fingerprint density at radius 1 is 0.750 bits per heavy atom. The van der Waals surface area contributed by atoms with E-state index in [1.165, 1.54) is 0 Å². The van der Waals surface area contributed by atoms with E-state index in [-0.39, 0.29) is 0 Å². The highest BCUT2D eigenvalue weighted by molar-refractivity contribution is 6.30. The zero-order chi connectivity index (χ0) is 17.1. The Bertz CT molecular complexity index is 833. The third kappa shape index (κ3) is 2.94. The van der Waals surface area contributed by atoms with Crippen molar-refractivity contribution in [3.8, 4) is 11.1 Å². The minimum absolute atomic E-state index is 0.498. The van der Waals surface area contributed by atoms with Crippen LogP contribution in [-0.4, -0.2) is 23.4 Å². The summed E-state index contributed by atoms with van der Waals surface area (Å²) in [6.45, 7) is 3.26. The summed E-state index contributed by atoms with van der Waals surface area (Å²) in [4.78, 5) is 32.3. The Hall–Kier alpha value is -3.28. The molecular weight excluding hydrogens is 308 g/mol. The fraction of sp³-hybridized carbons (Fsp3) is 0.111. The average molecular weight is 322 g/mol. The molecule has 6 heteroatoms. The fourth-order valence-electron chi connectivity index (χ4n) is 2.39. The van der Waals surface area contributed by atoms with Crippen LogP contribution in [0.1, 0.15) is 25.0 Å². The van der Waals surface area contributed by atoms with Crippen molar-refractivity contribution in [3.05, 3.63) is 59.7 Å². The summed E-state index contributed by atoms with van der Waals surface area (Å²) in [5.41, 5.74) is 4.66. The van der Waals surface area contributed by atoms with Crippen LogP contribution in [-0.2, 0) is 19.3 Å². The number of hydrogen-bond donors (Lipinski definition) is 0. The maximum atomic E-state index is 11.7. The predicted molar refractivity (Wildman–Crippen MR) is 88.5 cm³/mol. The van der Waals surface area contributed by atoms with Crippen LogP contribution in [0, 0.1) is 0 Å². The van der Waals surface area contributed by atoms with Crippen molar-refractivity contribution in [1.29, 1.82) is 0 Å². The second-order valence-corrected chi connectivity index (χ2v) is 5.33. The van der Waals surface area contributed by atoms with Gasteiger partial charge in [0.1, 0.15) is 5.71 Å². The van der Waals surface area contributed by atoms with E-state index < -0.39 is 11.9 Å². The molecule has 0 amide bonds. The summed E-state index contributed by atoms with van der Waals surface area (Å²) >= 11 is 0. The van der Waals surface area contributed by atoms with Gasteiger partial charge in [-0.25, -0.2) is 9.59 Å². The molecule has 24 heavy (non-hydrogen) atoms. The first-order chi connectivity index (χ1) is 11.6. The lowest BCUT2D eigenvalue weighted by atomic mass is 10.1. The van der Waals surface area contributed by atoms with Crippen LogP contribution in [0.2, 0.25) is 0 Å². The first-order valence-corrected chi connectivity index (χ1v) is 7.28. The normalized spacial score (nSPS) is 11.2. The van der Waals surface area contributed by atoms with Gasteiger partial charge in [-0.15, -0.1) is 0 Å². The number of carbonyl (C=O) groups excluding carboxylic acids is 2. The van der Waals surface area contributed by atoms with Gasteiger partial charge in [-0.3, -0.25) is 0 Å². The SMILES string of the molecule is CC(C)=NOC(=O)C(=O)ON=C1c2ccccc2-c2ccccc21. The van der Waals surface area contributed by atoms with Crippen LogP contribution in [0.15, 0.2) is 58.8 Å². The van der Waals surface area contributed by atoms with Gasteiger partial charge in [0.25, 0.3) is 0 Å². The molecule has 0 radical (unpaired) electrons. The van der Waals surface area contributed by atoms with Crippen molar-refractivity contribution in [3.63, 3.8) is 0 Å². The summed E-state index contributed by atoms with van der Waals surface area (Å²) in [5, 5.41) is 7.29. The minimum Gasteiger partial charge on any atom is -0.306 e. The van der Waals surface area contributed by atoms with Gasteiger partial charge in [0.05, 0.1) is 5.71 Å². The Kier molecular flexibility index (Phi) is 4.20. The zero-order valence-electron chi connectivity index (χ0n) is 13.1. The first kappa shape index (κ1) is 15.6. The van der Waals surface area contributed by atoms with Crippen molar-refractivity contribution in [1.82, 2.24) is 0 Å². The smallest absolute Gasteiger partial charge is 0.306 e. The molecule has 0 aromatic heterocycles. The molecule has 1 aliphatic carbocycles. The minimum atomic E-state index is -1.23. The maximum absolute atomic E-state index is 11.7. The van der Waals surface area contributed by atoms with Gasteiger partial charge in [0, 0.05) is 11.1 Å². The lowest BCUT2D eigenvalue weighted by Crippen LogP contribution is -2.17. The Balaban J connectivity index is 1.87. The third-order valence-electron chi connectivity index (χ3n) is 3.35. The van der Waals surface area contributed by atoms with Gasteiger partial charge in [-0.05, 0) is 25.0 Å². The molecule has 1 aliphatic rings.